The molecule has 1 aromatic rings. The maximum Gasteiger partial charge on any atom is 0.159 e. The Kier molecular flexibility index (Phi) is 4.99. The fourth-order valence-electron chi connectivity index (χ4n) is 1.52. The predicted molar refractivity (Wildman–Crippen MR) is 60.7 cm³/mol. The van der Waals surface area contributed by atoms with Gasteiger partial charge in [-0.1, -0.05) is 6.07 Å². The van der Waals surface area contributed by atoms with Crippen LogP contribution in [0.2, 0.25) is 0 Å². The van der Waals surface area contributed by atoms with Crippen molar-refractivity contribution < 1.29 is 18.6 Å². The Bertz CT molecular complexity index is 374. The van der Waals surface area contributed by atoms with Gasteiger partial charge in [0.2, 0.25) is 0 Å². The summed E-state index contributed by atoms with van der Waals surface area (Å²) < 4.78 is 30.8. The Hall–Kier alpha value is -1.04. The largest absolute Gasteiger partial charge is 0.394 e. The van der Waals surface area contributed by atoms with Gasteiger partial charge in [0, 0.05) is 13.7 Å². The van der Waals surface area contributed by atoms with Crippen LogP contribution in [0.1, 0.15) is 12.5 Å². The highest BCUT2D eigenvalue weighted by molar-refractivity contribution is 5.25. The van der Waals surface area contributed by atoms with Crippen molar-refractivity contribution in [3.63, 3.8) is 0 Å². The van der Waals surface area contributed by atoms with Crippen LogP contribution in [0, 0.1) is 11.6 Å². The van der Waals surface area contributed by atoms with E-state index in [-0.39, 0.29) is 6.61 Å². The molecule has 1 unspecified atom stereocenters. The third kappa shape index (κ3) is 3.46. The van der Waals surface area contributed by atoms with Crippen LogP contribution in [-0.2, 0) is 10.3 Å². The Morgan fingerprint density at radius 3 is 2.59 bits per heavy atom. The molecule has 3 nitrogen and oxygen atoms in total. The fourth-order valence-corrected chi connectivity index (χ4v) is 1.52. The quantitative estimate of drug-likeness (QED) is 0.745. The summed E-state index contributed by atoms with van der Waals surface area (Å²) in [6, 6.07) is 3.59. The zero-order valence-corrected chi connectivity index (χ0v) is 9.96. The molecule has 0 fully saturated rings. The molecule has 1 aromatic carbocycles. The van der Waals surface area contributed by atoms with Gasteiger partial charge in [-0.3, -0.25) is 0 Å². The number of aliphatic hydroxyl groups is 1. The molecule has 1 atom stereocenters. The molecule has 0 aromatic heterocycles. The zero-order valence-electron chi connectivity index (χ0n) is 9.96. The van der Waals surface area contributed by atoms with E-state index in [1.165, 1.54) is 6.07 Å². The minimum atomic E-state index is -0.921. The molecule has 96 valence electrons. The maximum absolute atomic E-state index is 13.1. The second-order valence-corrected chi connectivity index (χ2v) is 4.04. The number of ether oxygens (including phenoxy) is 1. The molecule has 0 aliphatic heterocycles. The summed E-state index contributed by atoms with van der Waals surface area (Å²) in [5, 5.41) is 12.4. The number of rotatable bonds is 6. The first-order valence-electron chi connectivity index (χ1n) is 5.34. The van der Waals surface area contributed by atoms with E-state index in [2.05, 4.69) is 5.32 Å². The van der Waals surface area contributed by atoms with Crippen LogP contribution in [-0.4, -0.2) is 32.0 Å². The van der Waals surface area contributed by atoms with Crippen molar-refractivity contribution in [2.75, 3.05) is 26.9 Å². The number of aliphatic hydroxyl groups excluding tert-OH is 1. The molecule has 1 rings (SSSR count). The van der Waals surface area contributed by atoms with Crippen molar-refractivity contribution in [3.8, 4) is 0 Å². The van der Waals surface area contributed by atoms with Crippen LogP contribution in [0.15, 0.2) is 18.2 Å². The van der Waals surface area contributed by atoms with Crippen molar-refractivity contribution >= 4 is 0 Å². The molecule has 5 heteroatoms. The molecule has 0 saturated heterocycles. The molecule has 17 heavy (non-hydrogen) atoms. The molecule has 2 N–H and O–H groups in total. The van der Waals surface area contributed by atoms with Crippen molar-refractivity contribution in [2.24, 2.45) is 0 Å². The van der Waals surface area contributed by atoms with E-state index in [1.54, 1.807) is 14.0 Å². The van der Waals surface area contributed by atoms with E-state index in [9.17, 15) is 13.9 Å². The number of halogens is 2. The van der Waals surface area contributed by atoms with Gasteiger partial charge in [-0.15, -0.1) is 0 Å². The third-order valence-corrected chi connectivity index (χ3v) is 2.69. The third-order valence-electron chi connectivity index (χ3n) is 2.69. The number of hydrogen-bond acceptors (Lipinski definition) is 3. The van der Waals surface area contributed by atoms with Gasteiger partial charge in [0.05, 0.1) is 18.8 Å². The Morgan fingerprint density at radius 2 is 2.06 bits per heavy atom. The smallest absolute Gasteiger partial charge is 0.159 e. The van der Waals surface area contributed by atoms with Crippen molar-refractivity contribution in [1.82, 2.24) is 5.32 Å². The van der Waals surface area contributed by atoms with Gasteiger partial charge in [-0.05, 0) is 24.6 Å². The Morgan fingerprint density at radius 1 is 1.35 bits per heavy atom. The van der Waals surface area contributed by atoms with Crippen LogP contribution in [0.25, 0.3) is 0 Å². The highest BCUT2D eigenvalue weighted by atomic mass is 19.2. The molecule has 0 radical (unpaired) electrons. The molecule has 0 spiro atoms. The van der Waals surface area contributed by atoms with E-state index in [0.717, 1.165) is 12.1 Å². The summed E-state index contributed by atoms with van der Waals surface area (Å²) in [5.74, 6) is -1.82. The standard InChI is InChI=1S/C12H17F2NO2/c1-12(8-16,15-5-6-17-2)9-3-4-10(13)11(14)7-9/h3-4,7,15-16H,5-6,8H2,1-2H3. The van der Waals surface area contributed by atoms with Gasteiger partial charge < -0.3 is 15.2 Å². The van der Waals surface area contributed by atoms with Crippen LogP contribution < -0.4 is 5.32 Å². The normalized spacial score (nSPS) is 14.6. The number of nitrogens with one attached hydrogen (secondary N) is 1. The second-order valence-electron chi connectivity index (χ2n) is 4.04. The van der Waals surface area contributed by atoms with Crippen LogP contribution in [0.5, 0.6) is 0 Å². The lowest BCUT2D eigenvalue weighted by atomic mass is 9.92. The molecule has 0 amide bonds. The van der Waals surface area contributed by atoms with Crippen molar-refractivity contribution in [1.29, 1.82) is 0 Å². The maximum atomic E-state index is 13.1. The summed E-state index contributed by atoms with van der Waals surface area (Å²) in [6.45, 7) is 2.48. The van der Waals surface area contributed by atoms with Crippen molar-refractivity contribution in [3.05, 3.63) is 35.4 Å². The Balaban J connectivity index is 2.87. The minimum Gasteiger partial charge on any atom is -0.394 e. The first kappa shape index (κ1) is 14.0. The molecule has 0 bridgehead atoms. The molecule has 0 saturated carbocycles. The average Bonchev–Trinajstić information content (AvgIpc) is 2.32. The SMILES string of the molecule is COCCNC(C)(CO)c1ccc(F)c(F)c1. The predicted octanol–water partition coefficient (Wildman–Crippen LogP) is 1.41. The average molecular weight is 245 g/mol. The molecule has 0 aliphatic carbocycles. The van der Waals surface area contributed by atoms with E-state index < -0.39 is 17.2 Å². The van der Waals surface area contributed by atoms with E-state index in [1.807, 2.05) is 0 Å². The van der Waals surface area contributed by atoms with Gasteiger partial charge in [0.1, 0.15) is 0 Å². The number of methoxy groups -OCH3 is 1. The van der Waals surface area contributed by atoms with Gasteiger partial charge >= 0.3 is 0 Å². The lowest BCUT2D eigenvalue weighted by molar-refractivity contribution is 0.147. The van der Waals surface area contributed by atoms with E-state index >= 15 is 0 Å². The van der Waals surface area contributed by atoms with Gasteiger partial charge in [0.15, 0.2) is 11.6 Å². The molecule has 0 heterocycles. The summed E-state index contributed by atoms with van der Waals surface area (Å²) in [5.41, 5.74) is -0.317. The van der Waals surface area contributed by atoms with E-state index in [0.29, 0.717) is 18.7 Å². The minimum absolute atomic E-state index is 0.220. The second kappa shape index (κ2) is 6.05. The van der Waals surface area contributed by atoms with E-state index in [4.69, 9.17) is 4.74 Å². The first-order chi connectivity index (χ1) is 8.03. The summed E-state index contributed by atoms with van der Waals surface area (Å²) in [6.07, 6.45) is 0. The Labute approximate surface area is 99.4 Å². The molecular weight excluding hydrogens is 228 g/mol. The zero-order chi connectivity index (χ0) is 12.9. The topological polar surface area (TPSA) is 41.5 Å². The fraction of sp³-hybridized carbons (Fsp3) is 0.500. The lowest BCUT2D eigenvalue weighted by Crippen LogP contribution is -2.44. The summed E-state index contributed by atoms with van der Waals surface area (Å²) in [4.78, 5) is 0. The highest BCUT2D eigenvalue weighted by Crippen LogP contribution is 2.22. The molecular formula is C12H17F2NO2. The number of hydrogen-bond donors (Lipinski definition) is 2. The summed E-state index contributed by atoms with van der Waals surface area (Å²) >= 11 is 0. The highest BCUT2D eigenvalue weighted by Gasteiger charge is 2.25. The monoisotopic (exact) mass is 245 g/mol. The molecule has 0 aliphatic rings. The van der Waals surface area contributed by atoms with Crippen LogP contribution in [0.4, 0.5) is 8.78 Å². The summed E-state index contributed by atoms with van der Waals surface area (Å²) in [7, 11) is 1.57. The lowest BCUT2D eigenvalue weighted by Gasteiger charge is -2.29. The van der Waals surface area contributed by atoms with Gasteiger partial charge in [-0.25, -0.2) is 8.78 Å². The van der Waals surface area contributed by atoms with Gasteiger partial charge in [0.25, 0.3) is 0 Å². The van der Waals surface area contributed by atoms with Crippen LogP contribution >= 0.6 is 0 Å². The van der Waals surface area contributed by atoms with Crippen molar-refractivity contribution in [2.45, 2.75) is 12.5 Å². The van der Waals surface area contributed by atoms with Crippen LogP contribution in [0.3, 0.4) is 0 Å². The number of benzene rings is 1. The first-order valence-corrected chi connectivity index (χ1v) is 5.34. The van der Waals surface area contributed by atoms with Gasteiger partial charge in [-0.2, -0.15) is 0 Å².